The van der Waals surface area contributed by atoms with Crippen LogP contribution in [-0.4, -0.2) is 28.5 Å². The predicted octanol–water partition coefficient (Wildman–Crippen LogP) is 4.07. The summed E-state index contributed by atoms with van der Waals surface area (Å²) >= 11 is 0. The number of Topliss-reactive ketones (excluding diaryl/α,β-unsaturated/α-hetero) is 1. The van der Waals surface area contributed by atoms with E-state index in [0.29, 0.717) is 33.8 Å². The number of pyridine rings is 1. The zero-order chi connectivity index (χ0) is 19.1. The average molecular weight is 364 g/mol. The van der Waals surface area contributed by atoms with E-state index in [1.807, 2.05) is 32.0 Å². The number of hydrogen-bond donors (Lipinski definition) is 0. The van der Waals surface area contributed by atoms with Gasteiger partial charge in [-0.1, -0.05) is 22.9 Å². The Morgan fingerprint density at radius 2 is 1.93 bits per heavy atom. The molecule has 3 aromatic rings. The lowest BCUT2D eigenvalue weighted by molar-refractivity contribution is 0.0476. The molecule has 6 heteroatoms. The lowest BCUT2D eigenvalue weighted by Crippen LogP contribution is -2.16. The molecule has 6 nitrogen and oxygen atoms in total. The van der Waals surface area contributed by atoms with Crippen LogP contribution in [0.4, 0.5) is 0 Å². The van der Waals surface area contributed by atoms with Crippen LogP contribution in [0.3, 0.4) is 0 Å². The quantitative estimate of drug-likeness (QED) is 0.501. The molecule has 0 amide bonds. The van der Waals surface area contributed by atoms with E-state index in [0.717, 1.165) is 29.7 Å². The maximum atomic E-state index is 12.7. The van der Waals surface area contributed by atoms with Crippen molar-refractivity contribution < 1.29 is 18.8 Å². The highest BCUT2D eigenvalue weighted by Gasteiger charge is 2.29. The first kappa shape index (κ1) is 17.4. The van der Waals surface area contributed by atoms with Gasteiger partial charge in [0.2, 0.25) is 5.78 Å². The summed E-state index contributed by atoms with van der Waals surface area (Å²) in [6, 6.07) is 7.39. The maximum Gasteiger partial charge on any atom is 0.339 e. The van der Waals surface area contributed by atoms with E-state index in [4.69, 9.17) is 9.26 Å². The van der Waals surface area contributed by atoms with Crippen LogP contribution in [0.25, 0.3) is 11.1 Å². The van der Waals surface area contributed by atoms with Crippen LogP contribution in [0, 0.1) is 20.8 Å². The molecule has 1 fully saturated rings. The second kappa shape index (κ2) is 6.61. The number of benzene rings is 1. The van der Waals surface area contributed by atoms with Crippen LogP contribution in [0.15, 0.2) is 28.8 Å². The van der Waals surface area contributed by atoms with Crippen molar-refractivity contribution in [3.63, 3.8) is 0 Å². The van der Waals surface area contributed by atoms with Gasteiger partial charge in [0.05, 0.1) is 16.6 Å². The van der Waals surface area contributed by atoms with Crippen LogP contribution in [-0.2, 0) is 4.74 Å². The molecule has 0 aliphatic heterocycles. The Balaban J connectivity index is 1.59. The Labute approximate surface area is 156 Å². The van der Waals surface area contributed by atoms with Crippen molar-refractivity contribution in [1.82, 2.24) is 10.1 Å². The molecule has 27 heavy (non-hydrogen) atoms. The lowest BCUT2D eigenvalue weighted by atomic mass is 10.0. The van der Waals surface area contributed by atoms with Crippen molar-refractivity contribution >= 4 is 22.9 Å². The van der Waals surface area contributed by atoms with E-state index in [9.17, 15) is 9.59 Å². The summed E-state index contributed by atoms with van der Waals surface area (Å²) in [6.45, 7) is 5.23. The van der Waals surface area contributed by atoms with E-state index in [1.54, 1.807) is 13.0 Å². The van der Waals surface area contributed by atoms with Crippen molar-refractivity contribution in [1.29, 1.82) is 0 Å². The number of esters is 1. The molecular weight excluding hydrogens is 344 g/mol. The molecule has 2 heterocycles. The van der Waals surface area contributed by atoms with Gasteiger partial charge < -0.3 is 9.26 Å². The summed E-state index contributed by atoms with van der Waals surface area (Å²) in [5.41, 5.74) is 4.50. The molecule has 0 saturated heterocycles. The van der Waals surface area contributed by atoms with Crippen molar-refractivity contribution in [2.45, 2.75) is 39.5 Å². The fourth-order valence-electron chi connectivity index (χ4n) is 3.19. The molecule has 1 saturated carbocycles. The van der Waals surface area contributed by atoms with Crippen molar-refractivity contribution in [2.24, 2.45) is 0 Å². The maximum absolute atomic E-state index is 12.7. The first-order valence-electron chi connectivity index (χ1n) is 8.98. The predicted molar refractivity (Wildman–Crippen MR) is 99.0 cm³/mol. The van der Waals surface area contributed by atoms with E-state index in [1.165, 1.54) is 0 Å². The van der Waals surface area contributed by atoms with E-state index in [-0.39, 0.29) is 12.4 Å². The molecule has 0 bridgehead atoms. The molecule has 1 aromatic carbocycles. The van der Waals surface area contributed by atoms with Gasteiger partial charge in [-0.3, -0.25) is 4.79 Å². The van der Waals surface area contributed by atoms with Gasteiger partial charge in [-0.25, -0.2) is 9.78 Å². The summed E-state index contributed by atoms with van der Waals surface area (Å²) < 4.78 is 10.6. The molecule has 1 aliphatic rings. The summed E-state index contributed by atoms with van der Waals surface area (Å²) in [5, 5.41) is 4.46. The minimum Gasteiger partial charge on any atom is -0.454 e. The third-order valence-corrected chi connectivity index (χ3v) is 4.88. The third-order valence-electron chi connectivity index (χ3n) is 4.88. The van der Waals surface area contributed by atoms with E-state index < -0.39 is 5.97 Å². The van der Waals surface area contributed by atoms with Crippen molar-refractivity contribution in [3.8, 4) is 0 Å². The second-order valence-corrected chi connectivity index (χ2v) is 7.13. The minimum absolute atomic E-state index is 0.223. The van der Waals surface area contributed by atoms with Gasteiger partial charge >= 0.3 is 5.97 Å². The Hall–Kier alpha value is -3.02. The molecule has 0 N–H and O–H groups in total. The number of nitrogens with zero attached hydrogens (tertiary/aromatic N) is 2. The molecule has 2 aromatic heterocycles. The van der Waals surface area contributed by atoms with Gasteiger partial charge in [0, 0.05) is 17.2 Å². The van der Waals surface area contributed by atoms with Crippen LogP contribution >= 0.6 is 0 Å². The number of fused-ring (bicyclic) bond motifs is 1. The highest BCUT2D eigenvalue weighted by Crippen LogP contribution is 2.40. The molecule has 138 valence electrons. The van der Waals surface area contributed by atoms with Gasteiger partial charge in [-0.15, -0.1) is 0 Å². The third kappa shape index (κ3) is 3.35. The Morgan fingerprint density at radius 3 is 2.67 bits per heavy atom. The summed E-state index contributed by atoms with van der Waals surface area (Å²) in [4.78, 5) is 29.7. The monoisotopic (exact) mass is 364 g/mol. The van der Waals surface area contributed by atoms with Crippen molar-refractivity contribution in [3.05, 3.63) is 57.9 Å². The summed E-state index contributed by atoms with van der Waals surface area (Å²) in [5.74, 6) is -0.434. The molecule has 1 aliphatic carbocycles. The van der Waals surface area contributed by atoms with Crippen molar-refractivity contribution in [2.75, 3.05) is 6.61 Å². The number of carbonyl (C=O) groups is 2. The largest absolute Gasteiger partial charge is 0.454 e. The van der Waals surface area contributed by atoms with Gasteiger partial charge in [-0.2, -0.15) is 0 Å². The van der Waals surface area contributed by atoms with Crippen LogP contribution in [0.5, 0.6) is 0 Å². The molecule has 4 rings (SSSR count). The Bertz CT molecular complexity index is 1060. The van der Waals surface area contributed by atoms with Crippen LogP contribution in [0.2, 0.25) is 0 Å². The minimum atomic E-state index is -0.561. The average Bonchev–Trinajstić information content (AvgIpc) is 3.44. The number of hydrogen-bond acceptors (Lipinski definition) is 6. The number of carbonyl (C=O) groups excluding carboxylic acids is 2. The fraction of sp³-hybridized carbons (Fsp3) is 0.333. The van der Waals surface area contributed by atoms with E-state index in [2.05, 4.69) is 10.1 Å². The topological polar surface area (TPSA) is 82.3 Å². The first-order chi connectivity index (χ1) is 12.9. The van der Waals surface area contributed by atoms with Gasteiger partial charge in [-0.05, 0) is 51.3 Å². The smallest absolute Gasteiger partial charge is 0.339 e. The number of ketones is 1. The number of rotatable bonds is 5. The van der Waals surface area contributed by atoms with Gasteiger partial charge in [0.15, 0.2) is 6.61 Å². The van der Waals surface area contributed by atoms with Gasteiger partial charge in [0.1, 0.15) is 0 Å². The molecule has 0 spiro atoms. The van der Waals surface area contributed by atoms with Crippen LogP contribution in [0.1, 0.15) is 62.0 Å². The first-order valence-corrected chi connectivity index (χ1v) is 8.98. The highest BCUT2D eigenvalue weighted by molar-refractivity contribution is 6.05. The SMILES string of the molecule is Cc1ccc(C)c(C(=O)COC(=O)c2cc(C3CC3)nc3onc(C)c23)c1. The molecular formula is C21H20N2O4. The normalized spacial score (nSPS) is 13.7. The standard InChI is InChI=1S/C21H20N2O4/c1-11-4-5-12(2)15(8-11)18(24)10-26-21(25)16-9-17(14-6-7-14)22-20-19(16)13(3)23-27-20/h4-5,8-9,14H,6-7,10H2,1-3H3. The summed E-state index contributed by atoms with van der Waals surface area (Å²) in [6.07, 6.45) is 2.09. The van der Waals surface area contributed by atoms with Crippen LogP contribution < -0.4 is 0 Å². The lowest BCUT2D eigenvalue weighted by Gasteiger charge is -2.09. The molecule has 0 atom stereocenters. The number of ether oxygens (including phenoxy) is 1. The molecule has 0 radical (unpaired) electrons. The zero-order valence-electron chi connectivity index (χ0n) is 15.5. The van der Waals surface area contributed by atoms with E-state index >= 15 is 0 Å². The number of aromatic nitrogens is 2. The number of aryl methyl sites for hydroxylation is 3. The molecule has 0 unspecified atom stereocenters. The fourth-order valence-corrected chi connectivity index (χ4v) is 3.19. The highest BCUT2D eigenvalue weighted by atomic mass is 16.5. The zero-order valence-corrected chi connectivity index (χ0v) is 15.5. The summed E-state index contributed by atoms with van der Waals surface area (Å²) in [7, 11) is 0. The Morgan fingerprint density at radius 1 is 1.15 bits per heavy atom. The Kier molecular flexibility index (Phi) is 4.26. The second-order valence-electron chi connectivity index (χ2n) is 7.13. The van der Waals surface area contributed by atoms with Gasteiger partial charge in [0.25, 0.3) is 5.71 Å².